The molecule has 0 radical (unpaired) electrons. The Bertz CT molecular complexity index is 208. The summed E-state index contributed by atoms with van der Waals surface area (Å²) in [5, 5.41) is 12.3. The lowest BCUT2D eigenvalue weighted by Gasteiger charge is -2.26. The van der Waals surface area contributed by atoms with E-state index in [-0.39, 0.29) is 11.3 Å². The van der Waals surface area contributed by atoms with Crippen LogP contribution in [-0.2, 0) is 4.79 Å². The van der Waals surface area contributed by atoms with Gasteiger partial charge in [0.15, 0.2) is 0 Å². The van der Waals surface area contributed by atoms with Crippen molar-refractivity contribution in [2.45, 2.75) is 60.0 Å². The molecule has 3 nitrogen and oxygen atoms in total. The zero-order valence-electron chi connectivity index (χ0n) is 11.3. The van der Waals surface area contributed by atoms with Crippen molar-refractivity contribution in [2.24, 2.45) is 11.3 Å². The Morgan fingerprint density at radius 3 is 2.38 bits per heavy atom. The standard InChI is InChI=1S/C13H27NO2/c1-6-7-11(15)9-14-12(16)8-10(2)13(3,4)5/h10-11,15H,6-9H2,1-5H3,(H,14,16). The van der Waals surface area contributed by atoms with Gasteiger partial charge < -0.3 is 10.4 Å². The molecule has 0 spiro atoms. The van der Waals surface area contributed by atoms with Gasteiger partial charge in [0.2, 0.25) is 5.91 Å². The summed E-state index contributed by atoms with van der Waals surface area (Å²) in [5.41, 5.74) is 0.152. The van der Waals surface area contributed by atoms with Crippen LogP contribution in [0.3, 0.4) is 0 Å². The molecule has 0 saturated heterocycles. The van der Waals surface area contributed by atoms with Crippen LogP contribution in [0.1, 0.15) is 53.9 Å². The average molecular weight is 229 g/mol. The molecule has 96 valence electrons. The molecular formula is C13H27NO2. The number of aliphatic hydroxyl groups excluding tert-OH is 1. The summed E-state index contributed by atoms with van der Waals surface area (Å²) in [7, 11) is 0. The quantitative estimate of drug-likeness (QED) is 0.734. The predicted molar refractivity (Wildman–Crippen MR) is 67.2 cm³/mol. The minimum absolute atomic E-state index is 0.0394. The highest BCUT2D eigenvalue weighted by atomic mass is 16.3. The van der Waals surface area contributed by atoms with Gasteiger partial charge in [0.05, 0.1) is 6.10 Å². The van der Waals surface area contributed by atoms with Crippen LogP contribution in [0, 0.1) is 11.3 Å². The molecule has 0 aliphatic rings. The second-order valence-electron chi connectivity index (χ2n) is 5.72. The zero-order chi connectivity index (χ0) is 12.8. The van der Waals surface area contributed by atoms with E-state index in [0.29, 0.717) is 18.9 Å². The second-order valence-corrected chi connectivity index (χ2v) is 5.72. The number of amides is 1. The summed E-state index contributed by atoms with van der Waals surface area (Å²) in [6.45, 7) is 10.9. The molecule has 0 aromatic heterocycles. The Kier molecular flexibility index (Phi) is 6.65. The van der Waals surface area contributed by atoms with Crippen LogP contribution in [-0.4, -0.2) is 23.7 Å². The molecule has 0 aliphatic carbocycles. The van der Waals surface area contributed by atoms with Crippen LogP contribution in [0.2, 0.25) is 0 Å². The highest BCUT2D eigenvalue weighted by Crippen LogP contribution is 2.27. The molecular weight excluding hydrogens is 202 g/mol. The lowest BCUT2D eigenvalue weighted by atomic mass is 9.80. The third-order valence-corrected chi connectivity index (χ3v) is 3.13. The number of hydrogen-bond donors (Lipinski definition) is 2. The highest BCUT2D eigenvalue weighted by Gasteiger charge is 2.22. The first-order valence-electron chi connectivity index (χ1n) is 6.22. The zero-order valence-corrected chi connectivity index (χ0v) is 11.3. The van der Waals surface area contributed by atoms with Crippen LogP contribution < -0.4 is 5.32 Å². The van der Waals surface area contributed by atoms with Gasteiger partial charge in [0.25, 0.3) is 0 Å². The molecule has 0 bridgehead atoms. The fraction of sp³-hybridized carbons (Fsp3) is 0.923. The van der Waals surface area contributed by atoms with E-state index in [9.17, 15) is 9.90 Å². The first kappa shape index (κ1) is 15.4. The molecule has 0 aliphatic heterocycles. The Morgan fingerprint density at radius 2 is 1.94 bits per heavy atom. The molecule has 0 aromatic carbocycles. The van der Waals surface area contributed by atoms with E-state index in [1.54, 1.807) is 0 Å². The monoisotopic (exact) mass is 229 g/mol. The maximum absolute atomic E-state index is 11.6. The molecule has 2 unspecified atom stereocenters. The topological polar surface area (TPSA) is 49.3 Å². The van der Waals surface area contributed by atoms with Gasteiger partial charge in [-0.25, -0.2) is 0 Å². The van der Waals surface area contributed by atoms with Crippen molar-refractivity contribution < 1.29 is 9.90 Å². The second kappa shape index (κ2) is 6.89. The molecule has 16 heavy (non-hydrogen) atoms. The van der Waals surface area contributed by atoms with Gasteiger partial charge in [-0.2, -0.15) is 0 Å². The van der Waals surface area contributed by atoms with E-state index in [2.05, 4.69) is 33.0 Å². The van der Waals surface area contributed by atoms with Crippen molar-refractivity contribution in [3.63, 3.8) is 0 Å². The third kappa shape index (κ3) is 6.83. The number of aliphatic hydroxyl groups is 1. The van der Waals surface area contributed by atoms with Crippen molar-refractivity contribution in [1.29, 1.82) is 0 Å². The summed E-state index contributed by atoms with van der Waals surface area (Å²) < 4.78 is 0. The highest BCUT2D eigenvalue weighted by molar-refractivity contribution is 5.76. The molecule has 2 N–H and O–H groups in total. The molecule has 0 heterocycles. The number of hydrogen-bond acceptors (Lipinski definition) is 2. The Hall–Kier alpha value is -0.570. The van der Waals surface area contributed by atoms with E-state index in [4.69, 9.17) is 0 Å². The summed E-state index contributed by atoms with van der Waals surface area (Å²) in [4.78, 5) is 11.6. The summed E-state index contributed by atoms with van der Waals surface area (Å²) >= 11 is 0. The van der Waals surface area contributed by atoms with Crippen LogP contribution >= 0.6 is 0 Å². The van der Waals surface area contributed by atoms with E-state index < -0.39 is 6.10 Å². The van der Waals surface area contributed by atoms with Gasteiger partial charge >= 0.3 is 0 Å². The fourth-order valence-electron chi connectivity index (χ4n) is 1.32. The number of rotatable bonds is 6. The van der Waals surface area contributed by atoms with Gasteiger partial charge in [-0.15, -0.1) is 0 Å². The smallest absolute Gasteiger partial charge is 0.220 e. The van der Waals surface area contributed by atoms with E-state index in [1.807, 2.05) is 6.92 Å². The first-order chi connectivity index (χ1) is 7.27. The maximum atomic E-state index is 11.6. The first-order valence-corrected chi connectivity index (χ1v) is 6.22. The van der Waals surface area contributed by atoms with Gasteiger partial charge in [0, 0.05) is 13.0 Å². The largest absolute Gasteiger partial charge is 0.391 e. The molecule has 0 saturated carbocycles. The molecule has 0 aromatic rings. The SMILES string of the molecule is CCCC(O)CNC(=O)CC(C)C(C)(C)C. The van der Waals surface area contributed by atoms with Crippen LogP contribution in [0.4, 0.5) is 0 Å². The minimum atomic E-state index is -0.404. The summed E-state index contributed by atoms with van der Waals surface area (Å²) in [5.74, 6) is 0.383. The summed E-state index contributed by atoms with van der Waals surface area (Å²) in [6, 6.07) is 0. The van der Waals surface area contributed by atoms with Crippen molar-refractivity contribution in [3.05, 3.63) is 0 Å². The molecule has 0 fully saturated rings. The minimum Gasteiger partial charge on any atom is -0.391 e. The Labute approximate surface area is 99.6 Å². The van der Waals surface area contributed by atoms with Crippen LogP contribution in [0.15, 0.2) is 0 Å². The fourth-order valence-corrected chi connectivity index (χ4v) is 1.32. The Balaban J connectivity index is 3.83. The average Bonchev–Trinajstić information content (AvgIpc) is 2.13. The molecule has 1 amide bonds. The van der Waals surface area contributed by atoms with Gasteiger partial charge in [-0.1, -0.05) is 41.0 Å². The van der Waals surface area contributed by atoms with Crippen LogP contribution in [0.25, 0.3) is 0 Å². The van der Waals surface area contributed by atoms with Gasteiger partial charge in [-0.3, -0.25) is 4.79 Å². The van der Waals surface area contributed by atoms with Crippen LogP contribution in [0.5, 0.6) is 0 Å². The van der Waals surface area contributed by atoms with Gasteiger partial charge in [-0.05, 0) is 17.8 Å². The summed E-state index contributed by atoms with van der Waals surface area (Å²) in [6.07, 6.45) is 1.81. The number of nitrogens with one attached hydrogen (secondary N) is 1. The van der Waals surface area contributed by atoms with E-state index in [0.717, 1.165) is 12.8 Å². The van der Waals surface area contributed by atoms with E-state index in [1.165, 1.54) is 0 Å². The maximum Gasteiger partial charge on any atom is 0.220 e. The van der Waals surface area contributed by atoms with Gasteiger partial charge in [0.1, 0.15) is 0 Å². The molecule has 2 atom stereocenters. The normalized spacial score (nSPS) is 15.6. The Morgan fingerprint density at radius 1 is 1.38 bits per heavy atom. The van der Waals surface area contributed by atoms with Crippen molar-refractivity contribution in [3.8, 4) is 0 Å². The van der Waals surface area contributed by atoms with Crippen molar-refractivity contribution in [1.82, 2.24) is 5.32 Å². The number of carbonyl (C=O) groups excluding carboxylic acids is 1. The van der Waals surface area contributed by atoms with E-state index >= 15 is 0 Å². The third-order valence-electron chi connectivity index (χ3n) is 3.13. The van der Waals surface area contributed by atoms with Crippen molar-refractivity contribution in [2.75, 3.05) is 6.54 Å². The number of carbonyl (C=O) groups is 1. The predicted octanol–water partition coefficient (Wildman–Crippen LogP) is 2.34. The van der Waals surface area contributed by atoms with Crippen molar-refractivity contribution >= 4 is 5.91 Å². The lowest BCUT2D eigenvalue weighted by molar-refractivity contribution is -0.123. The molecule has 0 rings (SSSR count). The lowest BCUT2D eigenvalue weighted by Crippen LogP contribution is -2.34. The molecule has 3 heteroatoms.